The zero-order chi connectivity index (χ0) is 15.3. The van der Waals surface area contributed by atoms with Crippen molar-refractivity contribution < 1.29 is 14.6 Å². The maximum Gasteiger partial charge on any atom is 0.407 e. The third-order valence-corrected chi connectivity index (χ3v) is 2.92. The van der Waals surface area contributed by atoms with Crippen LogP contribution in [0.4, 0.5) is 4.79 Å². The minimum atomic E-state index is -0.495. The van der Waals surface area contributed by atoms with Crippen molar-refractivity contribution in [3.63, 3.8) is 0 Å². The largest absolute Gasteiger partial charge is 0.444 e. The Labute approximate surface area is 117 Å². The molecule has 0 saturated heterocycles. The fourth-order valence-corrected chi connectivity index (χ4v) is 1.50. The van der Waals surface area contributed by atoms with Crippen molar-refractivity contribution in [3.8, 4) is 0 Å². The number of hydrogen-bond donors (Lipinski definition) is 2. The number of nitrogens with one attached hydrogen (secondary N) is 1. The molecule has 0 rings (SSSR count). The minimum absolute atomic E-state index is 0.0544. The topological polar surface area (TPSA) is 58.6 Å². The van der Waals surface area contributed by atoms with Crippen LogP contribution in [-0.2, 0) is 4.74 Å². The summed E-state index contributed by atoms with van der Waals surface area (Å²) in [6.07, 6.45) is 1.44. The van der Waals surface area contributed by atoms with Crippen LogP contribution in [0, 0.1) is 10.8 Å². The van der Waals surface area contributed by atoms with Crippen molar-refractivity contribution in [3.05, 3.63) is 0 Å². The molecule has 0 aliphatic carbocycles. The van der Waals surface area contributed by atoms with Crippen molar-refractivity contribution >= 4 is 6.09 Å². The van der Waals surface area contributed by atoms with E-state index in [0.29, 0.717) is 6.54 Å². The standard InChI is InChI=1S/C15H31NO3/c1-13(2,3)8-9-15(7,11-17)10-16-12(18)19-14(4,5)6/h17H,8-11H2,1-7H3,(H,16,18). The first-order valence-electron chi connectivity index (χ1n) is 6.95. The van der Waals surface area contributed by atoms with Crippen molar-refractivity contribution in [2.24, 2.45) is 10.8 Å². The van der Waals surface area contributed by atoms with Crippen molar-refractivity contribution in [2.75, 3.05) is 13.2 Å². The molecule has 114 valence electrons. The van der Waals surface area contributed by atoms with E-state index in [-0.39, 0.29) is 17.4 Å². The van der Waals surface area contributed by atoms with E-state index in [4.69, 9.17) is 4.74 Å². The first kappa shape index (κ1) is 18.2. The van der Waals surface area contributed by atoms with Gasteiger partial charge in [0, 0.05) is 12.0 Å². The van der Waals surface area contributed by atoms with Crippen LogP contribution in [0.1, 0.15) is 61.3 Å². The first-order chi connectivity index (χ1) is 8.37. The summed E-state index contributed by atoms with van der Waals surface area (Å²) in [5, 5.41) is 12.3. The van der Waals surface area contributed by atoms with Crippen LogP contribution in [-0.4, -0.2) is 30.0 Å². The second-order valence-electron chi connectivity index (χ2n) is 7.88. The summed E-state index contributed by atoms with van der Waals surface area (Å²) in [6, 6.07) is 0. The van der Waals surface area contributed by atoms with Gasteiger partial charge in [0.05, 0.1) is 6.61 Å². The van der Waals surface area contributed by atoms with E-state index in [1.165, 1.54) is 0 Å². The third kappa shape index (κ3) is 9.77. The molecule has 0 aromatic heterocycles. The molecular formula is C15H31NO3. The van der Waals surface area contributed by atoms with Gasteiger partial charge in [-0.2, -0.15) is 0 Å². The summed E-state index contributed by atoms with van der Waals surface area (Å²) < 4.78 is 5.19. The van der Waals surface area contributed by atoms with E-state index in [1.54, 1.807) is 0 Å². The molecule has 1 atom stereocenters. The van der Waals surface area contributed by atoms with Crippen LogP contribution in [0.5, 0.6) is 0 Å². The van der Waals surface area contributed by atoms with Gasteiger partial charge < -0.3 is 15.2 Å². The fourth-order valence-electron chi connectivity index (χ4n) is 1.50. The van der Waals surface area contributed by atoms with Gasteiger partial charge >= 0.3 is 6.09 Å². The zero-order valence-corrected chi connectivity index (χ0v) is 13.6. The number of carbonyl (C=O) groups is 1. The lowest BCUT2D eigenvalue weighted by Gasteiger charge is -2.31. The number of hydrogen-bond acceptors (Lipinski definition) is 3. The predicted octanol–water partition coefficient (Wildman–Crippen LogP) is 3.34. The van der Waals surface area contributed by atoms with Gasteiger partial charge in [-0.05, 0) is 39.0 Å². The molecule has 1 amide bonds. The van der Waals surface area contributed by atoms with Crippen LogP contribution in [0.25, 0.3) is 0 Å². The molecule has 0 saturated carbocycles. The summed E-state index contributed by atoms with van der Waals surface area (Å²) in [6.45, 7) is 14.5. The average molecular weight is 273 g/mol. The lowest BCUT2D eigenvalue weighted by molar-refractivity contribution is 0.0464. The van der Waals surface area contributed by atoms with Crippen LogP contribution in [0.15, 0.2) is 0 Å². The number of aliphatic hydroxyl groups is 1. The van der Waals surface area contributed by atoms with Crippen molar-refractivity contribution in [1.29, 1.82) is 0 Å². The van der Waals surface area contributed by atoms with Gasteiger partial charge in [0.1, 0.15) is 5.60 Å². The maximum absolute atomic E-state index is 11.6. The van der Waals surface area contributed by atoms with Gasteiger partial charge in [-0.1, -0.05) is 27.7 Å². The van der Waals surface area contributed by atoms with Gasteiger partial charge in [-0.15, -0.1) is 0 Å². The number of ether oxygens (including phenoxy) is 1. The summed E-state index contributed by atoms with van der Waals surface area (Å²) >= 11 is 0. The number of carbonyl (C=O) groups excluding carboxylic acids is 1. The monoisotopic (exact) mass is 273 g/mol. The van der Waals surface area contributed by atoms with Crippen molar-refractivity contribution in [2.45, 2.75) is 66.9 Å². The molecule has 0 aliphatic rings. The van der Waals surface area contributed by atoms with Crippen LogP contribution in [0.3, 0.4) is 0 Å². The molecule has 1 unspecified atom stereocenters. The van der Waals surface area contributed by atoms with Gasteiger partial charge in [-0.25, -0.2) is 4.79 Å². The highest BCUT2D eigenvalue weighted by molar-refractivity contribution is 5.67. The molecule has 4 nitrogen and oxygen atoms in total. The molecular weight excluding hydrogens is 242 g/mol. The van der Waals surface area contributed by atoms with Gasteiger partial charge in [0.15, 0.2) is 0 Å². The Hall–Kier alpha value is -0.770. The van der Waals surface area contributed by atoms with E-state index in [2.05, 4.69) is 26.1 Å². The number of rotatable bonds is 5. The lowest BCUT2D eigenvalue weighted by atomic mass is 9.79. The molecule has 0 aromatic rings. The third-order valence-electron chi connectivity index (χ3n) is 2.92. The van der Waals surface area contributed by atoms with E-state index in [1.807, 2.05) is 27.7 Å². The average Bonchev–Trinajstić information content (AvgIpc) is 2.20. The summed E-state index contributed by atoms with van der Waals surface area (Å²) in [7, 11) is 0. The Bertz CT molecular complexity index is 289. The lowest BCUT2D eigenvalue weighted by Crippen LogP contribution is -2.41. The van der Waals surface area contributed by atoms with Crippen LogP contribution < -0.4 is 5.32 Å². The smallest absolute Gasteiger partial charge is 0.407 e. The SMILES string of the molecule is CC(C)(C)CCC(C)(CO)CNC(=O)OC(C)(C)C. The van der Waals surface area contributed by atoms with Gasteiger partial charge in [0.25, 0.3) is 0 Å². The summed E-state index contributed by atoms with van der Waals surface area (Å²) in [5.74, 6) is 0. The number of amides is 1. The van der Waals surface area contributed by atoms with E-state index in [0.717, 1.165) is 12.8 Å². The zero-order valence-electron chi connectivity index (χ0n) is 13.6. The molecule has 2 N–H and O–H groups in total. The van der Waals surface area contributed by atoms with Crippen molar-refractivity contribution in [1.82, 2.24) is 5.32 Å². The number of alkyl carbamates (subject to hydrolysis) is 1. The molecule has 0 aliphatic heterocycles. The first-order valence-corrected chi connectivity index (χ1v) is 6.95. The molecule has 0 aromatic carbocycles. The molecule has 4 heteroatoms. The predicted molar refractivity (Wildman–Crippen MR) is 78.1 cm³/mol. The van der Waals surface area contributed by atoms with Gasteiger partial charge in [0.2, 0.25) is 0 Å². The number of aliphatic hydroxyl groups excluding tert-OH is 1. The molecule has 0 radical (unpaired) electrons. The highest BCUT2D eigenvalue weighted by atomic mass is 16.6. The Kier molecular flexibility index (Phi) is 6.33. The minimum Gasteiger partial charge on any atom is -0.444 e. The van der Waals surface area contributed by atoms with Gasteiger partial charge in [-0.3, -0.25) is 0 Å². The second kappa shape index (κ2) is 6.60. The Morgan fingerprint density at radius 2 is 1.58 bits per heavy atom. The summed E-state index contributed by atoms with van der Waals surface area (Å²) in [4.78, 5) is 11.6. The molecule has 0 spiro atoms. The highest BCUT2D eigenvalue weighted by Crippen LogP contribution is 2.30. The van der Waals surface area contributed by atoms with E-state index < -0.39 is 11.7 Å². The quantitative estimate of drug-likeness (QED) is 0.807. The molecule has 0 heterocycles. The second-order valence-corrected chi connectivity index (χ2v) is 7.88. The normalized spacial score (nSPS) is 15.8. The van der Waals surface area contributed by atoms with Crippen LogP contribution in [0.2, 0.25) is 0 Å². The molecule has 19 heavy (non-hydrogen) atoms. The Balaban J connectivity index is 4.28. The maximum atomic E-state index is 11.6. The Morgan fingerprint density at radius 1 is 1.05 bits per heavy atom. The van der Waals surface area contributed by atoms with E-state index >= 15 is 0 Å². The fraction of sp³-hybridized carbons (Fsp3) is 0.933. The van der Waals surface area contributed by atoms with Crippen LogP contribution >= 0.6 is 0 Å². The highest BCUT2D eigenvalue weighted by Gasteiger charge is 2.27. The molecule has 0 fully saturated rings. The molecule has 0 bridgehead atoms. The summed E-state index contributed by atoms with van der Waals surface area (Å²) in [5.41, 5.74) is -0.572. The van der Waals surface area contributed by atoms with E-state index in [9.17, 15) is 9.90 Å². The Morgan fingerprint density at radius 3 is 1.95 bits per heavy atom.